The Morgan fingerprint density at radius 1 is 1.12 bits per heavy atom. The van der Waals surface area contributed by atoms with Crippen LogP contribution in [0.15, 0.2) is 12.1 Å². The number of hydrogen-bond acceptors (Lipinski definition) is 3. The number of ether oxygens (including phenoxy) is 2. The lowest BCUT2D eigenvalue weighted by Crippen LogP contribution is -2.45. The van der Waals surface area contributed by atoms with Gasteiger partial charge in [-0.15, -0.1) is 0 Å². The molecule has 4 heteroatoms. The third-order valence-corrected chi connectivity index (χ3v) is 4.98. The molecule has 0 aliphatic heterocycles. The fraction of sp³-hybridized carbons (Fsp3) is 0.682. The van der Waals surface area contributed by atoms with Gasteiger partial charge >= 0.3 is 0 Å². The van der Waals surface area contributed by atoms with E-state index in [9.17, 15) is 4.79 Å². The normalized spacial score (nSPS) is 17.0. The summed E-state index contributed by atoms with van der Waals surface area (Å²) in [5, 5.41) is 3.13. The second kappa shape index (κ2) is 9.40. The number of anilines is 1. The van der Waals surface area contributed by atoms with E-state index < -0.39 is 5.60 Å². The largest absolute Gasteiger partial charge is 0.490 e. The fourth-order valence-corrected chi connectivity index (χ4v) is 3.72. The lowest BCUT2D eigenvalue weighted by molar-refractivity contribution is -0.143. The van der Waals surface area contributed by atoms with Crippen LogP contribution in [-0.4, -0.2) is 24.2 Å². The van der Waals surface area contributed by atoms with Crippen molar-refractivity contribution in [2.24, 2.45) is 0 Å². The number of aryl methyl sites for hydroxylation is 2. The second-order valence-corrected chi connectivity index (χ2v) is 7.82. The zero-order chi connectivity index (χ0) is 19.2. The molecule has 1 amide bonds. The van der Waals surface area contributed by atoms with Crippen molar-refractivity contribution in [3.05, 3.63) is 23.3 Å². The molecule has 146 valence electrons. The van der Waals surface area contributed by atoms with Gasteiger partial charge in [0.15, 0.2) is 0 Å². The van der Waals surface area contributed by atoms with Gasteiger partial charge < -0.3 is 14.8 Å². The van der Waals surface area contributed by atoms with Crippen molar-refractivity contribution >= 4 is 11.6 Å². The van der Waals surface area contributed by atoms with Crippen molar-refractivity contribution < 1.29 is 14.3 Å². The van der Waals surface area contributed by atoms with Crippen molar-refractivity contribution in [1.29, 1.82) is 0 Å². The van der Waals surface area contributed by atoms with Gasteiger partial charge in [0.2, 0.25) is 0 Å². The molecule has 1 fully saturated rings. The molecule has 0 bridgehead atoms. The highest BCUT2D eigenvalue weighted by Crippen LogP contribution is 2.33. The van der Waals surface area contributed by atoms with E-state index in [2.05, 4.69) is 12.2 Å². The molecule has 1 aromatic carbocycles. The summed E-state index contributed by atoms with van der Waals surface area (Å²) >= 11 is 0. The van der Waals surface area contributed by atoms with Crippen LogP contribution in [0.4, 0.5) is 5.69 Å². The lowest BCUT2D eigenvalue weighted by Gasteiger charge is -2.31. The molecule has 1 aliphatic carbocycles. The van der Waals surface area contributed by atoms with E-state index in [1.807, 2.05) is 39.8 Å². The number of carbonyl (C=O) groups is 1. The maximum Gasteiger partial charge on any atom is 0.256 e. The van der Waals surface area contributed by atoms with Gasteiger partial charge in [0.1, 0.15) is 11.4 Å². The molecular formula is C22H35NO3. The van der Waals surface area contributed by atoms with Crippen molar-refractivity contribution in [3.8, 4) is 5.75 Å². The van der Waals surface area contributed by atoms with Crippen LogP contribution in [-0.2, 0) is 9.53 Å². The zero-order valence-electron chi connectivity index (χ0n) is 17.1. The summed E-state index contributed by atoms with van der Waals surface area (Å²) in [6, 6.07) is 3.99. The molecule has 1 saturated carbocycles. The van der Waals surface area contributed by atoms with Crippen molar-refractivity contribution in [2.45, 2.75) is 91.3 Å². The van der Waals surface area contributed by atoms with Crippen LogP contribution in [0.5, 0.6) is 5.75 Å². The Hall–Kier alpha value is -1.55. The topological polar surface area (TPSA) is 47.6 Å². The van der Waals surface area contributed by atoms with Gasteiger partial charge in [-0.2, -0.15) is 0 Å². The predicted molar refractivity (Wildman–Crippen MR) is 107 cm³/mol. The van der Waals surface area contributed by atoms with E-state index >= 15 is 0 Å². The van der Waals surface area contributed by atoms with Crippen molar-refractivity contribution in [3.63, 3.8) is 0 Å². The number of nitrogens with one attached hydrogen (secondary N) is 1. The van der Waals surface area contributed by atoms with Gasteiger partial charge in [-0.1, -0.05) is 32.6 Å². The highest BCUT2D eigenvalue weighted by Gasteiger charge is 2.39. The fourth-order valence-electron chi connectivity index (χ4n) is 3.72. The standard InChI is InChI=1S/C22H35NO3/c1-6-13-25-22(11-9-7-8-10-12-22)21(24)23-19-14-17(4)20(18(5)15-19)26-16(2)3/h14-16H,6-13H2,1-5H3,(H,23,24). The highest BCUT2D eigenvalue weighted by molar-refractivity contribution is 5.97. The summed E-state index contributed by atoms with van der Waals surface area (Å²) in [6.07, 6.45) is 7.15. The Morgan fingerprint density at radius 3 is 2.19 bits per heavy atom. The minimum Gasteiger partial charge on any atom is -0.490 e. The Balaban J connectivity index is 2.20. The number of rotatable bonds is 7. The average Bonchev–Trinajstić information content (AvgIpc) is 2.83. The monoisotopic (exact) mass is 361 g/mol. The predicted octanol–water partition coefficient (Wildman–Crippen LogP) is 5.55. The average molecular weight is 362 g/mol. The van der Waals surface area contributed by atoms with Crippen LogP contribution < -0.4 is 10.1 Å². The first-order valence-corrected chi connectivity index (χ1v) is 10.1. The number of carbonyl (C=O) groups excluding carboxylic acids is 1. The van der Waals surface area contributed by atoms with E-state index in [0.717, 1.165) is 54.7 Å². The Kier molecular flexibility index (Phi) is 7.51. The second-order valence-electron chi connectivity index (χ2n) is 7.82. The van der Waals surface area contributed by atoms with Gasteiger partial charge in [0, 0.05) is 12.3 Å². The van der Waals surface area contributed by atoms with Crippen LogP contribution in [0.3, 0.4) is 0 Å². The molecule has 0 saturated heterocycles. The molecule has 0 heterocycles. The molecule has 1 aromatic rings. The van der Waals surface area contributed by atoms with Gasteiger partial charge in [-0.25, -0.2) is 0 Å². The molecule has 0 radical (unpaired) electrons. The van der Waals surface area contributed by atoms with Gasteiger partial charge in [-0.3, -0.25) is 4.79 Å². The molecule has 0 unspecified atom stereocenters. The molecular weight excluding hydrogens is 326 g/mol. The molecule has 0 aromatic heterocycles. The molecule has 2 rings (SSSR count). The Labute approximate surface area is 158 Å². The number of amides is 1. The SMILES string of the molecule is CCCOC1(C(=O)Nc2cc(C)c(OC(C)C)c(C)c2)CCCCCC1. The van der Waals surface area contributed by atoms with Gasteiger partial charge in [-0.05, 0) is 70.2 Å². The minimum absolute atomic E-state index is 0.00387. The summed E-state index contributed by atoms with van der Waals surface area (Å²) < 4.78 is 12.0. The first kappa shape index (κ1) is 20.8. The zero-order valence-corrected chi connectivity index (χ0v) is 17.1. The van der Waals surface area contributed by atoms with E-state index in [0.29, 0.717) is 6.61 Å². The lowest BCUT2D eigenvalue weighted by atomic mass is 9.92. The Morgan fingerprint density at radius 2 is 1.69 bits per heavy atom. The molecule has 4 nitrogen and oxygen atoms in total. The van der Waals surface area contributed by atoms with Crippen LogP contribution in [0.1, 0.15) is 76.8 Å². The molecule has 0 spiro atoms. The minimum atomic E-state index is -0.679. The van der Waals surface area contributed by atoms with Crippen LogP contribution in [0.2, 0.25) is 0 Å². The molecule has 1 N–H and O–H groups in total. The highest BCUT2D eigenvalue weighted by atomic mass is 16.5. The van der Waals surface area contributed by atoms with Crippen molar-refractivity contribution in [2.75, 3.05) is 11.9 Å². The maximum atomic E-state index is 13.2. The summed E-state index contributed by atoms with van der Waals surface area (Å²) in [5.74, 6) is 0.911. The number of benzene rings is 1. The van der Waals surface area contributed by atoms with Gasteiger partial charge in [0.05, 0.1) is 6.10 Å². The number of hydrogen-bond donors (Lipinski definition) is 1. The quantitative estimate of drug-likeness (QED) is 0.648. The third-order valence-electron chi connectivity index (χ3n) is 4.98. The van der Waals surface area contributed by atoms with Gasteiger partial charge in [0.25, 0.3) is 5.91 Å². The summed E-state index contributed by atoms with van der Waals surface area (Å²) in [4.78, 5) is 13.2. The first-order valence-electron chi connectivity index (χ1n) is 10.1. The van der Waals surface area contributed by atoms with Crippen LogP contribution >= 0.6 is 0 Å². The molecule has 26 heavy (non-hydrogen) atoms. The van der Waals surface area contributed by atoms with E-state index in [4.69, 9.17) is 9.47 Å². The third kappa shape index (κ3) is 5.23. The Bertz CT molecular complexity index is 578. The van der Waals surface area contributed by atoms with Crippen LogP contribution in [0.25, 0.3) is 0 Å². The molecule has 0 atom stereocenters. The van der Waals surface area contributed by atoms with E-state index in [1.54, 1.807) is 0 Å². The smallest absolute Gasteiger partial charge is 0.256 e. The summed E-state index contributed by atoms with van der Waals surface area (Å²) in [6.45, 7) is 10.8. The van der Waals surface area contributed by atoms with E-state index in [1.165, 1.54) is 12.8 Å². The molecule has 1 aliphatic rings. The summed E-state index contributed by atoms with van der Waals surface area (Å²) in [7, 11) is 0. The maximum absolute atomic E-state index is 13.2. The van der Waals surface area contributed by atoms with Crippen LogP contribution in [0, 0.1) is 13.8 Å². The summed E-state index contributed by atoms with van der Waals surface area (Å²) in [5.41, 5.74) is 2.23. The van der Waals surface area contributed by atoms with Crippen molar-refractivity contribution in [1.82, 2.24) is 0 Å². The van der Waals surface area contributed by atoms with E-state index in [-0.39, 0.29) is 12.0 Å². The first-order chi connectivity index (χ1) is 12.4.